The van der Waals surface area contributed by atoms with Gasteiger partial charge >= 0.3 is 6.18 Å². The molecule has 4 heteroatoms. The van der Waals surface area contributed by atoms with E-state index in [1.54, 1.807) is 6.07 Å². The fourth-order valence-corrected chi connectivity index (χ4v) is 3.16. The fraction of sp³-hybridized carbons (Fsp3) is 0.238. The molecule has 0 aromatic heterocycles. The van der Waals surface area contributed by atoms with Gasteiger partial charge in [0.1, 0.15) is 0 Å². The lowest BCUT2D eigenvalue weighted by atomic mass is 9.95. The molecule has 0 aliphatic carbocycles. The summed E-state index contributed by atoms with van der Waals surface area (Å²) >= 11 is 0. The van der Waals surface area contributed by atoms with E-state index in [2.05, 4.69) is 6.07 Å². The lowest BCUT2D eigenvalue weighted by molar-refractivity contribution is -0.137. The van der Waals surface area contributed by atoms with E-state index in [1.165, 1.54) is 12.1 Å². The molecule has 0 heterocycles. The van der Waals surface area contributed by atoms with Crippen molar-refractivity contribution in [3.63, 3.8) is 0 Å². The first-order valence-electron chi connectivity index (χ1n) is 8.34. The van der Waals surface area contributed by atoms with Crippen LogP contribution < -0.4 is 5.73 Å². The third-order valence-electron chi connectivity index (χ3n) is 4.46. The average Bonchev–Trinajstić information content (AvgIpc) is 2.60. The van der Waals surface area contributed by atoms with Crippen molar-refractivity contribution in [2.24, 2.45) is 5.73 Å². The normalized spacial score (nSPS) is 13.1. The summed E-state index contributed by atoms with van der Waals surface area (Å²) in [5.41, 5.74) is 7.53. The average molecular weight is 343 g/mol. The Bertz CT molecular complexity index is 850. The molecule has 0 radical (unpaired) electrons. The number of aryl methyl sites for hydroxylation is 1. The van der Waals surface area contributed by atoms with Crippen LogP contribution in [0.2, 0.25) is 0 Å². The number of benzene rings is 3. The Morgan fingerprint density at radius 3 is 2.40 bits per heavy atom. The highest BCUT2D eigenvalue weighted by Gasteiger charge is 2.30. The molecule has 0 amide bonds. The SMILES string of the molecule is NC(CCCc1cccc(C(F)(F)F)c1)c1cccc2ccccc12. The third kappa shape index (κ3) is 4.20. The Morgan fingerprint density at radius 1 is 0.880 bits per heavy atom. The van der Waals surface area contributed by atoms with Crippen molar-refractivity contribution < 1.29 is 13.2 Å². The van der Waals surface area contributed by atoms with Crippen molar-refractivity contribution in [2.75, 3.05) is 0 Å². The van der Waals surface area contributed by atoms with Crippen molar-refractivity contribution in [1.82, 2.24) is 0 Å². The molecule has 3 aromatic carbocycles. The first-order valence-corrected chi connectivity index (χ1v) is 8.34. The molecule has 0 saturated carbocycles. The minimum atomic E-state index is -4.30. The van der Waals surface area contributed by atoms with Crippen LogP contribution in [0.5, 0.6) is 0 Å². The maximum atomic E-state index is 12.8. The molecular weight excluding hydrogens is 323 g/mol. The molecule has 0 aliphatic rings. The minimum Gasteiger partial charge on any atom is -0.324 e. The number of alkyl halides is 3. The van der Waals surface area contributed by atoms with Gasteiger partial charge in [-0.15, -0.1) is 0 Å². The zero-order valence-corrected chi connectivity index (χ0v) is 13.8. The molecule has 0 aliphatic heterocycles. The van der Waals surface area contributed by atoms with Gasteiger partial charge in [-0.2, -0.15) is 13.2 Å². The Labute approximate surface area is 145 Å². The van der Waals surface area contributed by atoms with Gasteiger partial charge in [0.15, 0.2) is 0 Å². The molecule has 25 heavy (non-hydrogen) atoms. The highest BCUT2D eigenvalue weighted by atomic mass is 19.4. The predicted octanol–water partition coefficient (Wildman–Crippen LogP) is 5.88. The second-order valence-corrected chi connectivity index (χ2v) is 6.27. The molecule has 0 saturated heterocycles. The van der Waals surface area contributed by atoms with Gasteiger partial charge in [0, 0.05) is 6.04 Å². The molecular formula is C21H20F3N. The second kappa shape index (κ2) is 7.28. The maximum absolute atomic E-state index is 12.8. The lowest BCUT2D eigenvalue weighted by Crippen LogP contribution is -2.11. The van der Waals surface area contributed by atoms with Crippen LogP contribution in [0.4, 0.5) is 13.2 Å². The Kier molecular flexibility index (Phi) is 5.09. The lowest BCUT2D eigenvalue weighted by Gasteiger charge is -2.15. The van der Waals surface area contributed by atoms with E-state index in [1.807, 2.05) is 36.4 Å². The molecule has 0 bridgehead atoms. The van der Waals surface area contributed by atoms with Crippen LogP contribution in [0.3, 0.4) is 0 Å². The van der Waals surface area contributed by atoms with Gasteiger partial charge in [0.2, 0.25) is 0 Å². The molecule has 130 valence electrons. The molecule has 2 N–H and O–H groups in total. The van der Waals surface area contributed by atoms with Crippen LogP contribution >= 0.6 is 0 Å². The van der Waals surface area contributed by atoms with Gasteiger partial charge in [0.05, 0.1) is 5.56 Å². The van der Waals surface area contributed by atoms with Gasteiger partial charge in [-0.1, -0.05) is 60.7 Å². The molecule has 0 fully saturated rings. The summed E-state index contributed by atoms with van der Waals surface area (Å²) in [6, 6.07) is 19.5. The largest absolute Gasteiger partial charge is 0.416 e. The summed E-state index contributed by atoms with van der Waals surface area (Å²) in [7, 11) is 0. The van der Waals surface area contributed by atoms with Crippen molar-refractivity contribution in [3.05, 3.63) is 83.4 Å². The predicted molar refractivity (Wildman–Crippen MR) is 95.3 cm³/mol. The number of hydrogen-bond donors (Lipinski definition) is 1. The maximum Gasteiger partial charge on any atom is 0.416 e. The zero-order valence-electron chi connectivity index (χ0n) is 13.8. The summed E-state index contributed by atoms with van der Waals surface area (Å²) in [5.74, 6) is 0. The van der Waals surface area contributed by atoms with E-state index in [0.29, 0.717) is 12.0 Å². The molecule has 3 aromatic rings. The monoisotopic (exact) mass is 343 g/mol. The molecule has 1 nitrogen and oxygen atoms in total. The van der Waals surface area contributed by atoms with Gasteiger partial charge in [-0.25, -0.2) is 0 Å². The molecule has 1 unspecified atom stereocenters. The van der Waals surface area contributed by atoms with E-state index >= 15 is 0 Å². The summed E-state index contributed by atoms with van der Waals surface area (Å²) in [6.07, 6.45) is -2.24. The van der Waals surface area contributed by atoms with Crippen molar-refractivity contribution >= 4 is 10.8 Å². The topological polar surface area (TPSA) is 26.0 Å². The van der Waals surface area contributed by atoms with Crippen molar-refractivity contribution in [2.45, 2.75) is 31.5 Å². The van der Waals surface area contributed by atoms with E-state index in [-0.39, 0.29) is 6.04 Å². The number of fused-ring (bicyclic) bond motifs is 1. The summed E-state index contributed by atoms with van der Waals surface area (Å²) in [6.45, 7) is 0. The van der Waals surface area contributed by atoms with Gasteiger partial charge in [0.25, 0.3) is 0 Å². The van der Waals surface area contributed by atoms with Gasteiger partial charge in [-0.05, 0) is 47.2 Å². The highest BCUT2D eigenvalue weighted by Crippen LogP contribution is 2.30. The van der Waals surface area contributed by atoms with Crippen LogP contribution in [0.25, 0.3) is 10.8 Å². The zero-order chi connectivity index (χ0) is 17.9. The first kappa shape index (κ1) is 17.5. The second-order valence-electron chi connectivity index (χ2n) is 6.27. The van der Waals surface area contributed by atoms with Crippen LogP contribution in [0, 0.1) is 0 Å². The minimum absolute atomic E-state index is 0.128. The number of nitrogens with two attached hydrogens (primary N) is 1. The summed E-state index contributed by atoms with van der Waals surface area (Å²) in [5, 5.41) is 2.28. The van der Waals surface area contributed by atoms with E-state index in [4.69, 9.17) is 5.73 Å². The third-order valence-corrected chi connectivity index (χ3v) is 4.46. The Hall–Kier alpha value is -2.33. The quantitative estimate of drug-likeness (QED) is 0.615. The summed E-state index contributed by atoms with van der Waals surface area (Å²) in [4.78, 5) is 0. The number of rotatable bonds is 5. The van der Waals surface area contributed by atoms with E-state index in [9.17, 15) is 13.2 Å². The highest BCUT2D eigenvalue weighted by molar-refractivity contribution is 5.86. The standard InChI is InChI=1S/C21H20F3N/c22-21(23,24)17-10-3-6-15(14-17)7-4-13-20(25)19-12-5-9-16-8-1-2-11-18(16)19/h1-3,5-6,8-12,14,20H,4,7,13,25H2. The van der Waals surface area contributed by atoms with Crippen LogP contribution in [-0.2, 0) is 12.6 Å². The van der Waals surface area contributed by atoms with E-state index in [0.717, 1.165) is 35.2 Å². The molecule has 0 spiro atoms. The Morgan fingerprint density at radius 2 is 1.60 bits per heavy atom. The number of hydrogen-bond acceptors (Lipinski definition) is 1. The Balaban J connectivity index is 1.66. The van der Waals surface area contributed by atoms with Crippen LogP contribution in [0.1, 0.15) is 35.6 Å². The fourth-order valence-electron chi connectivity index (χ4n) is 3.16. The van der Waals surface area contributed by atoms with Crippen molar-refractivity contribution in [1.29, 1.82) is 0 Å². The summed E-state index contributed by atoms with van der Waals surface area (Å²) < 4.78 is 38.3. The van der Waals surface area contributed by atoms with Crippen LogP contribution in [0.15, 0.2) is 66.7 Å². The van der Waals surface area contributed by atoms with Gasteiger partial charge < -0.3 is 5.73 Å². The van der Waals surface area contributed by atoms with Crippen LogP contribution in [-0.4, -0.2) is 0 Å². The van der Waals surface area contributed by atoms with Gasteiger partial charge in [-0.3, -0.25) is 0 Å². The number of halogens is 3. The van der Waals surface area contributed by atoms with E-state index < -0.39 is 11.7 Å². The first-order chi connectivity index (χ1) is 11.9. The molecule has 3 rings (SSSR count). The smallest absolute Gasteiger partial charge is 0.324 e. The van der Waals surface area contributed by atoms with Crippen molar-refractivity contribution in [3.8, 4) is 0 Å². The molecule has 1 atom stereocenters.